The minimum absolute atomic E-state index is 0.271. The second kappa shape index (κ2) is 4.06. The lowest BCUT2D eigenvalue weighted by Gasteiger charge is -2.26. The van der Waals surface area contributed by atoms with E-state index < -0.39 is 35.4 Å². The second-order valence-corrected chi connectivity index (χ2v) is 3.75. The van der Waals surface area contributed by atoms with Crippen molar-refractivity contribution in [1.29, 1.82) is 0 Å². The third-order valence-electron chi connectivity index (χ3n) is 2.82. The molecular weight excluding hydrogens is 220 g/mol. The molecule has 0 saturated carbocycles. The Morgan fingerprint density at radius 2 is 1.88 bits per heavy atom. The minimum Gasteiger partial charge on any atom is -0.481 e. The van der Waals surface area contributed by atoms with Crippen molar-refractivity contribution in [2.24, 2.45) is 11.1 Å². The van der Waals surface area contributed by atoms with Gasteiger partial charge >= 0.3 is 17.9 Å². The Kier molecular flexibility index (Phi) is 3.15. The molecule has 0 amide bonds. The molecule has 0 aliphatic carbocycles. The van der Waals surface area contributed by atoms with Crippen molar-refractivity contribution in [3.8, 4) is 0 Å². The molecule has 1 saturated heterocycles. The summed E-state index contributed by atoms with van der Waals surface area (Å²) >= 11 is 0. The lowest BCUT2D eigenvalue weighted by atomic mass is 9.78. The zero-order chi connectivity index (χ0) is 12.5. The molecule has 0 spiro atoms. The number of carboxylic acid groups (broad SMARTS) is 3. The van der Waals surface area contributed by atoms with Crippen molar-refractivity contribution >= 4 is 17.9 Å². The first kappa shape index (κ1) is 12.4. The van der Waals surface area contributed by atoms with Crippen molar-refractivity contribution in [1.82, 2.24) is 5.32 Å². The molecule has 1 heterocycles. The first-order valence-corrected chi connectivity index (χ1v) is 4.49. The Morgan fingerprint density at radius 1 is 1.31 bits per heavy atom. The molecule has 0 aromatic carbocycles. The molecule has 1 fully saturated rings. The molecule has 8 nitrogen and oxygen atoms in total. The van der Waals surface area contributed by atoms with E-state index in [4.69, 9.17) is 21.1 Å². The largest absolute Gasteiger partial charge is 0.481 e. The van der Waals surface area contributed by atoms with Gasteiger partial charge in [0, 0.05) is 6.54 Å². The van der Waals surface area contributed by atoms with Gasteiger partial charge in [0.2, 0.25) is 0 Å². The normalized spacial score (nSPS) is 30.9. The van der Waals surface area contributed by atoms with E-state index in [1.807, 2.05) is 0 Å². The maximum absolute atomic E-state index is 11.1. The van der Waals surface area contributed by atoms with Crippen LogP contribution in [-0.4, -0.2) is 51.9 Å². The number of hydrogen-bond acceptors (Lipinski definition) is 5. The fraction of sp³-hybridized carbons (Fsp3) is 0.625. The van der Waals surface area contributed by atoms with Crippen LogP contribution in [-0.2, 0) is 14.4 Å². The SMILES string of the molecule is NC(C(=O)O)[C@@]1(C(=O)O)CN[C@H](C(=O)O)C1. The number of carbonyl (C=O) groups is 3. The fourth-order valence-corrected chi connectivity index (χ4v) is 1.76. The summed E-state index contributed by atoms with van der Waals surface area (Å²) in [6.45, 7) is -0.271. The highest BCUT2D eigenvalue weighted by atomic mass is 16.4. The van der Waals surface area contributed by atoms with Gasteiger partial charge in [-0.15, -0.1) is 0 Å². The van der Waals surface area contributed by atoms with Crippen molar-refractivity contribution < 1.29 is 29.7 Å². The van der Waals surface area contributed by atoms with Gasteiger partial charge in [0.1, 0.15) is 17.5 Å². The highest BCUT2D eigenvalue weighted by molar-refractivity contribution is 5.88. The number of rotatable bonds is 4. The van der Waals surface area contributed by atoms with E-state index in [1.165, 1.54) is 0 Å². The summed E-state index contributed by atoms with van der Waals surface area (Å²) in [5.41, 5.74) is 3.54. The van der Waals surface area contributed by atoms with Crippen LogP contribution in [0.25, 0.3) is 0 Å². The van der Waals surface area contributed by atoms with Gasteiger partial charge in [0.05, 0.1) is 0 Å². The van der Waals surface area contributed by atoms with E-state index in [9.17, 15) is 14.4 Å². The molecular formula is C8H12N2O6. The summed E-state index contributed by atoms with van der Waals surface area (Å²) in [5.74, 6) is -4.09. The molecule has 0 aromatic rings. The molecule has 1 aliphatic heterocycles. The Balaban J connectivity index is 2.98. The number of aliphatic carboxylic acids is 3. The fourth-order valence-electron chi connectivity index (χ4n) is 1.76. The van der Waals surface area contributed by atoms with Crippen LogP contribution in [0, 0.1) is 5.41 Å². The Hall–Kier alpha value is -1.67. The monoisotopic (exact) mass is 232 g/mol. The van der Waals surface area contributed by atoms with Crippen molar-refractivity contribution in [2.75, 3.05) is 6.54 Å². The summed E-state index contributed by atoms with van der Waals surface area (Å²) in [6.07, 6.45) is -0.342. The number of nitrogens with two attached hydrogens (primary N) is 1. The van der Waals surface area contributed by atoms with Crippen molar-refractivity contribution in [3.05, 3.63) is 0 Å². The third kappa shape index (κ3) is 1.84. The van der Waals surface area contributed by atoms with E-state index in [1.54, 1.807) is 0 Å². The highest BCUT2D eigenvalue weighted by Crippen LogP contribution is 2.32. The summed E-state index contributed by atoms with van der Waals surface area (Å²) in [7, 11) is 0. The van der Waals surface area contributed by atoms with Gasteiger partial charge in [-0.3, -0.25) is 14.4 Å². The molecule has 3 atom stereocenters. The van der Waals surface area contributed by atoms with Gasteiger partial charge in [-0.25, -0.2) is 0 Å². The highest BCUT2D eigenvalue weighted by Gasteiger charge is 2.54. The zero-order valence-corrected chi connectivity index (χ0v) is 8.21. The van der Waals surface area contributed by atoms with Crippen LogP contribution in [0.1, 0.15) is 6.42 Å². The topological polar surface area (TPSA) is 150 Å². The average Bonchev–Trinajstić information content (AvgIpc) is 2.62. The Labute approximate surface area is 90.0 Å². The maximum Gasteiger partial charge on any atom is 0.321 e. The predicted molar refractivity (Wildman–Crippen MR) is 49.7 cm³/mol. The van der Waals surface area contributed by atoms with Crippen molar-refractivity contribution in [2.45, 2.75) is 18.5 Å². The lowest BCUT2D eigenvalue weighted by molar-refractivity contribution is -0.157. The molecule has 6 N–H and O–H groups in total. The lowest BCUT2D eigenvalue weighted by Crippen LogP contribution is -2.53. The molecule has 0 bridgehead atoms. The van der Waals surface area contributed by atoms with Gasteiger partial charge in [0.25, 0.3) is 0 Å². The number of carboxylic acids is 3. The first-order valence-electron chi connectivity index (χ1n) is 4.49. The van der Waals surface area contributed by atoms with E-state index in [0.717, 1.165) is 0 Å². The molecule has 0 aromatic heterocycles. The zero-order valence-electron chi connectivity index (χ0n) is 8.21. The average molecular weight is 232 g/mol. The standard InChI is InChI=1S/C8H12N2O6/c9-4(6(13)14)8(7(15)16)1-3(5(11)12)10-2-8/h3-4,10H,1-2,9H2,(H,11,12)(H,13,14)(H,15,16)/t3-,4?,8-/m0/s1. The van der Waals surface area contributed by atoms with E-state index in [-0.39, 0.29) is 13.0 Å². The van der Waals surface area contributed by atoms with E-state index >= 15 is 0 Å². The van der Waals surface area contributed by atoms with E-state index in [2.05, 4.69) is 5.32 Å². The van der Waals surface area contributed by atoms with Crippen LogP contribution in [0.5, 0.6) is 0 Å². The third-order valence-corrected chi connectivity index (χ3v) is 2.82. The van der Waals surface area contributed by atoms with Gasteiger partial charge in [-0.1, -0.05) is 0 Å². The maximum atomic E-state index is 11.1. The van der Waals surface area contributed by atoms with Crippen LogP contribution in [0.4, 0.5) is 0 Å². The summed E-state index contributed by atoms with van der Waals surface area (Å²) in [5, 5.41) is 28.9. The van der Waals surface area contributed by atoms with E-state index in [0.29, 0.717) is 0 Å². The summed E-state index contributed by atoms with van der Waals surface area (Å²) in [6, 6.07) is -2.72. The molecule has 16 heavy (non-hydrogen) atoms. The van der Waals surface area contributed by atoms with Gasteiger partial charge in [-0.05, 0) is 6.42 Å². The Morgan fingerprint density at radius 3 is 2.19 bits per heavy atom. The smallest absolute Gasteiger partial charge is 0.321 e. The van der Waals surface area contributed by atoms with Crippen LogP contribution >= 0.6 is 0 Å². The van der Waals surface area contributed by atoms with Gasteiger partial charge in [0.15, 0.2) is 0 Å². The molecule has 1 unspecified atom stereocenters. The molecule has 8 heteroatoms. The van der Waals surface area contributed by atoms with Crippen LogP contribution in [0.2, 0.25) is 0 Å². The number of nitrogens with one attached hydrogen (secondary N) is 1. The van der Waals surface area contributed by atoms with Gasteiger partial charge < -0.3 is 26.4 Å². The van der Waals surface area contributed by atoms with Gasteiger partial charge in [-0.2, -0.15) is 0 Å². The minimum atomic E-state index is -1.77. The van der Waals surface area contributed by atoms with Crippen LogP contribution < -0.4 is 11.1 Å². The predicted octanol–water partition coefficient (Wildman–Crippen LogP) is -2.08. The molecule has 90 valence electrons. The molecule has 1 aliphatic rings. The quantitative estimate of drug-likeness (QED) is 0.370. The second-order valence-electron chi connectivity index (χ2n) is 3.75. The van der Waals surface area contributed by atoms with Crippen LogP contribution in [0.15, 0.2) is 0 Å². The number of hydrogen-bond donors (Lipinski definition) is 5. The summed E-state index contributed by atoms with van der Waals surface area (Å²) < 4.78 is 0. The molecule has 0 radical (unpaired) electrons. The molecule has 1 rings (SSSR count). The Bertz CT molecular complexity index is 343. The van der Waals surface area contributed by atoms with Crippen LogP contribution in [0.3, 0.4) is 0 Å². The first-order chi connectivity index (χ1) is 7.31. The summed E-state index contributed by atoms with van der Waals surface area (Å²) in [4.78, 5) is 32.4. The van der Waals surface area contributed by atoms with Crippen molar-refractivity contribution in [3.63, 3.8) is 0 Å².